The van der Waals surface area contributed by atoms with E-state index in [9.17, 15) is 4.79 Å². The first-order valence-corrected chi connectivity index (χ1v) is 3.11. The van der Waals surface area contributed by atoms with E-state index in [4.69, 9.17) is 5.73 Å². The molecule has 0 atom stereocenters. The van der Waals surface area contributed by atoms with Crippen LogP contribution in [-0.4, -0.2) is 10.8 Å². The van der Waals surface area contributed by atoms with Gasteiger partial charge in [0.2, 0.25) is 0 Å². The van der Waals surface area contributed by atoms with Gasteiger partial charge in [-0.25, -0.2) is 0 Å². The summed E-state index contributed by atoms with van der Waals surface area (Å²) in [6.45, 7) is 5.36. The zero-order valence-corrected chi connectivity index (χ0v) is 6.71. The van der Waals surface area contributed by atoms with E-state index in [1.165, 1.54) is 0 Å². The molecule has 0 radical (unpaired) electrons. The van der Waals surface area contributed by atoms with E-state index in [0.29, 0.717) is 0 Å². The molecule has 3 heteroatoms. The summed E-state index contributed by atoms with van der Waals surface area (Å²) in [5, 5.41) is 0. The highest BCUT2D eigenvalue weighted by molar-refractivity contribution is 7.82. The molecular formula is C6H11NOS. The zero-order chi connectivity index (χ0) is 7.65. The summed E-state index contributed by atoms with van der Waals surface area (Å²) in [4.78, 5) is 10.9. The Kier molecular flexibility index (Phi) is 2.32. The SMILES string of the molecule is CC(C)(C)C(=O)C(N)=S. The van der Waals surface area contributed by atoms with Gasteiger partial charge in [-0.3, -0.25) is 4.79 Å². The van der Waals surface area contributed by atoms with Crippen molar-refractivity contribution in [1.82, 2.24) is 0 Å². The first-order chi connectivity index (χ1) is 3.85. The van der Waals surface area contributed by atoms with Crippen molar-refractivity contribution in [3.63, 3.8) is 0 Å². The van der Waals surface area contributed by atoms with Crippen LogP contribution in [0.5, 0.6) is 0 Å². The Labute approximate surface area is 60.4 Å². The number of carbonyl (C=O) groups is 1. The van der Waals surface area contributed by atoms with Crippen LogP contribution in [0.3, 0.4) is 0 Å². The highest BCUT2D eigenvalue weighted by atomic mass is 32.1. The van der Waals surface area contributed by atoms with E-state index in [2.05, 4.69) is 12.2 Å². The van der Waals surface area contributed by atoms with Gasteiger partial charge in [0.15, 0.2) is 5.78 Å². The van der Waals surface area contributed by atoms with Gasteiger partial charge in [-0.05, 0) is 0 Å². The van der Waals surface area contributed by atoms with Crippen LogP contribution < -0.4 is 5.73 Å². The van der Waals surface area contributed by atoms with Gasteiger partial charge in [-0.1, -0.05) is 33.0 Å². The van der Waals surface area contributed by atoms with E-state index >= 15 is 0 Å². The van der Waals surface area contributed by atoms with Gasteiger partial charge in [-0.15, -0.1) is 0 Å². The molecule has 0 aliphatic heterocycles. The van der Waals surface area contributed by atoms with Crippen molar-refractivity contribution in [2.75, 3.05) is 0 Å². The summed E-state index contributed by atoms with van der Waals surface area (Å²) >= 11 is 4.49. The minimum Gasteiger partial charge on any atom is -0.387 e. The minimum absolute atomic E-state index is 0.0255. The predicted octanol–water partition coefficient (Wildman–Crippen LogP) is 0.888. The second-order valence-corrected chi connectivity index (χ2v) is 3.38. The summed E-state index contributed by atoms with van der Waals surface area (Å²) in [5.41, 5.74) is 4.68. The Morgan fingerprint density at radius 2 is 1.78 bits per heavy atom. The molecule has 0 aromatic carbocycles. The number of rotatable bonds is 1. The number of nitrogens with two attached hydrogens (primary N) is 1. The van der Waals surface area contributed by atoms with Crippen LogP contribution in [0.4, 0.5) is 0 Å². The topological polar surface area (TPSA) is 43.1 Å². The molecular weight excluding hydrogens is 134 g/mol. The summed E-state index contributed by atoms with van der Waals surface area (Å²) in [5.74, 6) is -0.155. The second kappa shape index (κ2) is 2.43. The van der Waals surface area contributed by atoms with Crippen molar-refractivity contribution in [2.24, 2.45) is 11.1 Å². The lowest BCUT2D eigenvalue weighted by Crippen LogP contribution is -2.32. The van der Waals surface area contributed by atoms with Crippen LogP contribution >= 0.6 is 12.2 Å². The molecule has 0 aromatic rings. The van der Waals surface area contributed by atoms with E-state index in [0.717, 1.165) is 0 Å². The second-order valence-electron chi connectivity index (χ2n) is 2.94. The molecule has 0 saturated carbocycles. The molecule has 2 N–H and O–H groups in total. The van der Waals surface area contributed by atoms with Gasteiger partial charge in [0, 0.05) is 5.41 Å². The molecule has 0 fully saturated rings. The maximum absolute atomic E-state index is 10.9. The number of Topliss-reactive ketones (excluding diaryl/α,β-unsaturated/α-hetero) is 1. The summed E-state index contributed by atoms with van der Waals surface area (Å²) < 4.78 is 0. The van der Waals surface area contributed by atoms with Gasteiger partial charge in [0.25, 0.3) is 0 Å². The van der Waals surface area contributed by atoms with Gasteiger partial charge in [0.05, 0.1) is 0 Å². The van der Waals surface area contributed by atoms with Crippen LogP contribution in [0, 0.1) is 5.41 Å². The van der Waals surface area contributed by atoms with Crippen molar-refractivity contribution >= 4 is 23.0 Å². The zero-order valence-electron chi connectivity index (χ0n) is 5.89. The average Bonchev–Trinajstić information content (AvgIpc) is 1.62. The molecule has 9 heavy (non-hydrogen) atoms. The molecule has 0 amide bonds. The van der Waals surface area contributed by atoms with Gasteiger partial charge in [-0.2, -0.15) is 0 Å². The van der Waals surface area contributed by atoms with Crippen LogP contribution in [0.25, 0.3) is 0 Å². The standard InChI is InChI=1S/C6H11NOS/c1-6(2,3)4(8)5(7)9/h1-3H3,(H2,7,9). The summed E-state index contributed by atoms with van der Waals surface area (Å²) in [6, 6.07) is 0. The molecule has 0 saturated heterocycles. The first kappa shape index (κ1) is 8.56. The lowest BCUT2D eigenvalue weighted by molar-refractivity contribution is -0.119. The Bertz CT molecular complexity index is 146. The van der Waals surface area contributed by atoms with Crippen LogP contribution in [-0.2, 0) is 4.79 Å². The Morgan fingerprint density at radius 1 is 1.44 bits per heavy atom. The molecule has 52 valence electrons. The van der Waals surface area contributed by atoms with E-state index < -0.39 is 5.41 Å². The van der Waals surface area contributed by atoms with Crippen molar-refractivity contribution in [2.45, 2.75) is 20.8 Å². The number of ketones is 1. The molecule has 0 rings (SSSR count). The molecule has 0 unspecified atom stereocenters. The summed E-state index contributed by atoms with van der Waals surface area (Å²) in [6.07, 6.45) is 0. The average molecular weight is 145 g/mol. The van der Waals surface area contributed by atoms with Crippen molar-refractivity contribution in [3.8, 4) is 0 Å². The minimum atomic E-state index is -0.425. The van der Waals surface area contributed by atoms with Gasteiger partial charge in [0.1, 0.15) is 4.99 Å². The molecule has 0 spiro atoms. The summed E-state index contributed by atoms with van der Waals surface area (Å²) in [7, 11) is 0. The fourth-order valence-electron chi connectivity index (χ4n) is 0.370. The number of hydrogen-bond donors (Lipinski definition) is 1. The Morgan fingerprint density at radius 3 is 1.78 bits per heavy atom. The Balaban J connectivity index is 4.23. The van der Waals surface area contributed by atoms with E-state index in [1.807, 2.05) is 0 Å². The smallest absolute Gasteiger partial charge is 0.194 e. The third-order valence-corrected chi connectivity index (χ3v) is 1.09. The number of hydrogen-bond acceptors (Lipinski definition) is 2. The van der Waals surface area contributed by atoms with E-state index in [1.54, 1.807) is 20.8 Å². The van der Waals surface area contributed by atoms with Crippen LogP contribution in [0.15, 0.2) is 0 Å². The maximum atomic E-state index is 10.9. The third kappa shape index (κ3) is 2.56. The monoisotopic (exact) mass is 145 g/mol. The highest BCUT2D eigenvalue weighted by Gasteiger charge is 2.22. The van der Waals surface area contributed by atoms with Gasteiger partial charge >= 0.3 is 0 Å². The number of carbonyl (C=O) groups excluding carboxylic acids is 1. The number of thiocarbonyl (C=S) groups is 1. The molecule has 0 heterocycles. The highest BCUT2D eigenvalue weighted by Crippen LogP contribution is 2.13. The van der Waals surface area contributed by atoms with E-state index in [-0.39, 0.29) is 10.8 Å². The molecule has 2 nitrogen and oxygen atoms in total. The molecule has 0 aliphatic rings. The predicted molar refractivity (Wildman–Crippen MR) is 41.2 cm³/mol. The molecule has 0 aliphatic carbocycles. The van der Waals surface area contributed by atoms with Crippen molar-refractivity contribution in [1.29, 1.82) is 0 Å². The fourth-order valence-corrected chi connectivity index (χ4v) is 0.676. The lowest BCUT2D eigenvalue weighted by Gasteiger charge is -2.14. The maximum Gasteiger partial charge on any atom is 0.194 e. The lowest BCUT2D eigenvalue weighted by atomic mass is 9.91. The van der Waals surface area contributed by atoms with Gasteiger partial charge < -0.3 is 5.73 Å². The largest absolute Gasteiger partial charge is 0.387 e. The normalized spacial score (nSPS) is 11.0. The Hall–Kier alpha value is -0.440. The first-order valence-electron chi connectivity index (χ1n) is 2.70. The van der Waals surface area contributed by atoms with Crippen LogP contribution in [0.1, 0.15) is 20.8 Å². The van der Waals surface area contributed by atoms with Crippen LogP contribution in [0.2, 0.25) is 0 Å². The quantitative estimate of drug-likeness (QED) is 0.557. The molecule has 0 bridgehead atoms. The van der Waals surface area contributed by atoms with Crippen molar-refractivity contribution < 1.29 is 4.79 Å². The third-order valence-electron chi connectivity index (χ3n) is 0.905. The molecule has 0 aromatic heterocycles. The fraction of sp³-hybridized carbons (Fsp3) is 0.667. The van der Waals surface area contributed by atoms with Crippen molar-refractivity contribution in [3.05, 3.63) is 0 Å².